The van der Waals surface area contributed by atoms with Crippen LogP contribution in [0.15, 0.2) is 9.98 Å². The Bertz CT molecular complexity index is 263. The van der Waals surface area contributed by atoms with Gasteiger partial charge in [-0.05, 0) is 13.3 Å². The van der Waals surface area contributed by atoms with Gasteiger partial charge in [0.25, 0.3) is 0 Å². The first kappa shape index (κ1) is 12.2. The van der Waals surface area contributed by atoms with Gasteiger partial charge in [-0.1, -0.05) is 26.7 Å². The first-order valence-corrected chi connectivity index (χ1v) is 5.66. The van der Waals surface area contributed by atoms with E-state index in [-0.39, 0.29) is 5.41 Å². The third-order valence-corrected chi connectivity index (χ3v) is 2.75. The normalized spacial score (nSPS) is 33.1. The SMILES string of the molecule is CCCCC1(C)C=NC(=NCC)NC1O. The molecular weight excluding hydrogens is 190 g/mol. The summed E-state index contributed by atoms with van der Waals surface area (Å²) in [6, 6.07) is 0. The van der Waals surface area contributed by atoms with Crippen LogP contribution < -0.4 is 5.32 Å². The van der Waals surface area contributed by atoms with Crippen LogP contribution in [0.5, 0.6) is 0 Å². The second kappa shape index (κ2) is 5.26. The smallest absolute Gasteiger partial charge is 0.219 e. The number of unbranched alkanes of at least 4 members (excludes halogenated alkanes) is 1. The lowest BCUT2D eigenvalue weighted by Gasteiger charge is -2.34. The molecule has 0 saturated carbocycles. The molecule has 0 spiro atoms. The minimum absolute atomic E-state index is 0.261. The number of nitrogens with zero attached hydrogens (tertiary/aromatic N) is 2. The van der Waals surface area contributed by atoms with Gasteiger partial charge in [0.2, 0.25) is 5.96 Å². The Balaban J connectivity index is 2.69. The summed E-state index contributed by atoms with van der Waals surface area (Å²) in [7, 11) is 0. The van der Waals surface area contributed by atoms with E-state index in [1.165, 1.54) is 0 Å². The summed E-state index contributed by atoms with van der Waals surface area (Å²) in [6.45, 7) is 6.79. The van der Waals surface area contributed by atoms with E-state index in [0.717, 1.165) is 19.3 Å². The molecule has 0 aromatic carbocycles. The van der Waals surface area contributed by atoms with E-state index in [1.54, 1.807) is 0 Å². The van der Waals surface area contributed by atoms with E-state index in [1.807, 2.05) is 20.1 Å². The lowest BCUT2D eigenvalue weighted by atomic mass is 9.83. The molecule has 0 aromatic heterocycles. The second-order valence-electron chi connectivity index (χ2n) is 4.21. The quantitative estimate of drug-likeness (QED) is 0.741. The maximum absolute atomic E-state index is 9.97. The second-order valence-corrected chi connectivity index (χ2v) is 4.21. The summed E-state index contributed by atoms with van der Waals surface area (Å²) < 4.78 is 0. The molecule has 1 aliphatic heterocycles. The Labute approximate surface area is 91.5 Å². The van der Waals surface area contributed by atoms with Crippen LogP contribution in [0.3, 0.4) is 0 Å². The van der Waals surface area contributed by atoms with E-state index in [4.69, 9.17) is 0 Å². The molecule has 4 heteroatoms. The Morgan fingerprint density at radius 3 is 2.87 bits per heavy atom. The molecule has 4 nitrogen and oxygen atoms in total. The molecule has 0 fully saturated rings. The van der Waals surface area contributed by atoms with Crippen LogP contribution in [0, 0.1) is 5.41 Å². The lowest BCUT2D eigenvalue weighted by molar-refractivity contribution is 0.0623. The van der Waals surface area contributed by atoms with Crippen molar-refractivity contribution in [1.82, 2.24) is 5.32 Å². The minimum atomic E-state index is -0.577. The number of aliphatic imine (C=N–C) groups is 2. The van der Waals surface area contributed by atoms with Gasteiger partial charge in [-0.2, -0.15) is 0 Å². The Kier molecular flexibility index (Phi) is 4.27. The first-order valence-electron chi connectivity index (χ1n) is 5.66. The number of aliphatic hydroxyl groups is 1. The number of guanidine groups is 1. The fraction of sp³-hybridized carbons (Fsp3) is 0.818. The summed E-state index contributed by atoms with van der Waals surface area (Å²) >= 11 is 0. The molecule has 0 aromatic rings. The fourth-order valence-corrected chi connectivity index (χ4v) is 1.60. The molecule has 1 aliphatic rings. The first-order chi connectivity index (χ1) is 7.12. The number of rotatable bonds is 4. The van der Waals surface area contributed by atoms with Gasteiger partial charge in [0.05, 0.1) is 0 Å². The van der Waals surface area contributed by atoms with Crippen molar-refractivity contribution >= 4 is 12.2 Å². The van der Waals surface area contributed by atoms with Gasteiger partial charge in [0, 0.05) is 18.2 Å². The Morgan fingerprint density at radius 2 is 2.33 bits per heavy atom. The Hall–Kier alpha value is -0.900. The van der Waals surface area contributed by atoms with Crippen LogP contribution in [-0.2, 0) is 0 Å². The number of hydrogen-bond donors (Lipinski definition) is 2. The van der Waals surface area contributed by atoms with Crippen molar-refractivity contribution in [3.63, 3.8) is 0 Å². The van der Waals surface area contributed by atoms with E-state index < -0.39 is 6.23 Å². The van der Waals surface area contributed by atoms with Crippen LogP contribution in [0.2, 0.25) is 0 Å². The summed E-state index contributed by atoms with van der Waals surface area (Å²) in [5.74, 6) is 0.541. The van der Waals surface area contributed by atoms with Crippen LogP contribution in [-0.4, -0.2) is 30.1 Å². The number of hydrogen-bond acceptors (Lipinski definition) is 2. The average Bonchev–Trinajstić information content (AvgIpc) is 2.22. The van der Waals surface area contributed by atoms with Gasteiger partial charge in [0.1, 0.15) is 6.23 Å². The lowest BCUT2D eigenvalue weighted by Crippen LogP contribution is -2.50. The van der Waals surface area contributed by atoms with Crippen molar-refractivity contribution in [2.75, 3.05) is 6.54 Å². The highest BCUT2D eigenvalue weighted by molar-refractivity contribution is 5.92. The van der Waals surface area contributed by atoms with Crippen molar-refractivity contribution in [3.05, 3.63) is 0 Å². The van der Waals surface area contributed by atoms with E-state index in [0.29, 0.717) is 12.5 Å². The molecule has 0 bridgehead atoms. The highest BCUT2D eigenvalue weighted by atomic mass is 16.3. The highest BCUT2D eigenvalue weighted by Gasteiger charge is 2.34. The zero-order chi connectivity index (χ0) is 11.3. The van der Waals surface area contributed by atoms with Gasteiger partial charge < -0.3 is 10.4 Å². The van der Waals surface area contributed by atoms with Crippen molar-refractivity contribution in [2.45, 2.75) is 46.3 Å². The molecule has 0 radical (unpaired) electrons. The maximum Gasteiger partial charge on any atom is 0.219 e. The van der Waals surface area contributed by atoms with Crippen LogP contribution in [0.4, 0.5) is 0 Å². The van der Waals surface area contributed by atoms with E-state index in [9.17, 15) is 5.11 Å². The summed E-state index contributed by atoms with van der Waals surface area (Å²) in [5, 5.41) is 12.9. The largest absolute Gasteiger partial charge is 0.373 e. The molecule has 2 unspecified atom stereocenters. The van der Waals surface area contributed by atoms with Crippen molar-refractivity contribution in [3.8, 4) is 0 Å². The van der Waals surface area contributed by atoms with Gasteiger partial charge in [0.15, 0.2) is 0 Å². The van der Waals surface area contributed by atoms with Crippen LogP contribution in [0.1, 0.15) is 40.0 Å². The van der Waals surface area contributed by atoms with E-state index in [2.05, 4.69) is 22.2 Å². The van der Waals surface area contributed by atoms with Crippen LogP contribution >= 0.6 is 0 Å². The predicted molar refractivity (Wildman–Crippen MR) is 63.2 cm³/mol. The molecular formula is C11H21N3O. The standard InChI is InChI=1S/C11H21N3O/c1-4-6-7-11(3)8-13-10(12-5-2)14-9(11)15/h8-9,15H,4-7H2,1-3H3,(H,12,14). The predicted octanol–water partition coefficient (Wildman–Crippen LogP) is 1.55. The molecule has 2 atom stereocenters. The Morgan fingerprint density at radius 1 is 1.60 bits per heavy atom. The van der Waals surface area contributed by atoms with Crippen molar-refractivity contribution in [2.24, 2.45) is 15.4 Å². The van der Waals surface area contributed by atoms with Crippen molar-refractivity contribution < 1.29 is 5.11 Å². The summed E-state index contributed by atoms with van der Waals surface area (Å²) in [6.07, 6.45) is 4.43. The molecule has 0 aliphatic carbocycles. The molecule has 2 N–H and O–H groups in total. The maximum atomic E-state index is 9.97. The number of nitrogens with one attached hydrogen (secondary N) is 1. The minimum Gasteiger partial charge on any atom is -0.373 e. The molecule has 1 rings (SSSR count). The van der Waals surface area contributed by atoms with E-state index >= 15 is 0 Å². The average molecular weight is 211 g/mol. The van der Waals surface area contributed by atoms with Crippen molar-refractivity contribution in [1.29, 1.82) is 0 Å². The summed E-state index contributed by atoms with van der Waals surface area (Å²) in [5.41, 5.74) is -0.261. The molecule has 1 heterocycles. The molecule has 86 valence electrons. The van der Waals surface area contributed by atoms with Gasteiger partial charge in [-0.15, -0.1) is 0 Å². The zero-order valence-electron chi connectivity index (χ0n) is 9.82. The van der Waals surface area contributed by atoms with Gasteiger partial charge >= 0.3 is 0 Å². The zero-order valence-corrected chi connectivity index (χ0v) is 9.82. The van der Waals surface area contributed by atoms with Gasteiger partial charge in [-0.3, -0.25) is 4.99 Å². The number of aliphatic hydroxyl groups excluding tert-OH is 1. The monoisotopic (exact) mass is 211 g/mol. The summed E-state index contributed by atoms with van der Waals surface area (Å²) in [4.78, 5) is 8.36. The van der Waals surface area contributed by atoms with Crippen LogP contribution in [0.25, 0.3) is 0 Å². The molecule has 0 saturated heterocycles. The third-order valence-electron chi connectivity index (χ3n) is 2.75. The molecule has 0 amide bonds. The topological polar surface area (TPSA) is 57.0 Å². The fourth-order valence-electron chi connectivity index (χ4n) is 1.60. The molecule has 15 heavy (non-hydrogen) atoms. The van der Waals surface area contributed by atoms with Gasteiger partial charge in [-0.25, -0.2) is 4.99 Å². The third kappa shape index (κ3) is 3.02. The highest BCUT2D eigenvalue weighted by Crippen LogP contribution is 2.27.